The maximum Gasteiger partial charge on any atom is 0.305 e. The summed E-state index contributed by atoms with van der Waals surface area (Å²) < 4.78 is 10.9. The molecule has 1 aromatic carbocycles. The van der Waals surface area contributed by atoms with Crippen LogP contribution in [0.3, 0.4) is 0 Å². The molecule has 6 nitrogen and oxygen atoms in total. The molecular weight excluding hydrogens is 346 g/mol. The Hall–Kier alpha value is -2.31. The van der Waals surface area contributed by atoms with Crippen LogP contribution in [-0.2, 0) is 9.53 Å². The Morgan fingerprint density at radius 2 is 1.88 bits per heavy atom. The van der Waals surface area contributed by atoms with E-state index in [4.69, 9.17) is 25.9 Å². The molecule has 2 heterocycles. The number of benzene rings is 1. The van der Waals surface area contributed by atoms with Crippen molar-refractivity contribution in [2.75, 3.05) is 13.2 Å². The van der Waals surface area contributed by atoms with Crippen LogP contribution in [0.15, 0.2) is 40.8 Å². The minimum absolute atomic E-state index is 0.117. The molecule has 0 radical (unpaired) electrons. The first-order valence-corrected chi connectivity index (χ1v) is 8.34. The standard InChI is InChI=1S/C18H18ClNO5/c19-13-4-2-1-3-12(13)14-5-6-15(25-14)17(23)20-18(11-16(21)22)7-9-24-10-8-18/h1-6H,7-11H2,(H,20,23)(H,21,22). The van der Waals surface area contributed by atoms with E-state index < -0.39 is 17.4 Å². The van der Waals surface area contributed by atoms with E-state index in [1.165, 1.54) is 0 Å². The lowest BCUT2D eigenvalue weighted by atomic mass is 9.86. The maximum absolute atomic E-state index is 12.6. The quantitative estimate of drug-likeness (QED) is 0.850. The number of rotatable bonds is 5. The summed E-state index contributed by atoms with van der Waals surface area (Å²) >= 11 is 6.14. The third-order valence-corrected chi connectivity index (χ3v) is 4.62. The third kappa shape index (κ3) is 4.03. The van der Waals surface area contributed by atoms with Crippen molar-refractivity contribution in [1.82, 2.24) is 5.32 Å². The van der Waals surface area contributed by atoms with Crippen molar-refractivity contribution in [1.29, 1.82) is 0 Å². The molecule has 0 aliphatic carbocycles. The number of furan rings is 1. The number of nitrogens with one attached hydrogen (secondary N) is 1. The van der Waals surface area contributed by atoms with Crippen LogP contribution >= 0.6 is 11.6 Å². The summed E-state index contributed by atoms with van der Waals surface area (Å²) in [6.45, 7) is 0.827. The van der Waals surface area contributed by atoms with E-state index in [1.54, 1.807) is 24.3 Å². The van der Waals surface area contributed by atoms with E-state index in [2.05, 4.69) is 5.32 Å². The van der Waals surface area contributed by atoms with Crippen LogP contribution in [0.1, 0.15) is 29.8 Å². The van der Waals surface area contributed by atoms with Crippen LogP contribution in [0.25, 0.3) is 11.3 Å². The number of hydrogen-bond donors (Lipinski definition) is 2. The molecule has 2 N–H and O–H groups in total. The molecular formula is C18H18ClNO5. The zero-order valence-electron chi connectivity index (χ0n) is 13.5. The molecule has 1 saturated heterocycles. The van der Waals surface area contributed by atoms with E-state index in [0.717, 1.165) is 0 Å². The number of aliphatic carboxylic acids is 1. The van der Waals surface area contributed by atoms with Crippen molar-refractivity contribution in [3.05, 3.63) is 47.2 Å². The van der Waals surface area contributed by atoms with Crippen LogP contribution in [0.2, 0.25) is 5.02 Å². The smallest absolute Gasteiger partial charge is 0.305 e. The molecule has 0 saturated carbocycles. The highest BCUT2D eigenvalue weighted by atomic mass is 35.5. The number of amides is 1. The van der Waals surface area contributed by atoms with Gasteiger partial charge in [0.05, 0.1) is 17.0 Å². The topological polar surface area (TPSA) is 88.8 Å². The zero-order chi connectivity index (χ0) is 17.9. The number of carbonyl (C=O) groups excluding carboxylic acids is 1. The molecule has 0 atom stereocenters. The maximum atomic E-state index is 12.6. The Labute approximate surface area is 149 Å². The summed E-state index contributed by atoms with van der Waals surface area (Å²) in [5.74, 6) is -0.805. The summed E-state index contributed by atoms with van der Waals surface area (Å²) in [5.41, 5.74) is -0.132. The molecule has 1 aliphatic rings. The van der Waals surface area contributed by atoms with Gasteiger partial charge in [-0.1, -0.05) is 23.7 Å². The van der Waals surface area contributed by atoms with Crippen molar-refractivity contribution in [2.24, 2.45) is 0 Å². The lowest BCUT2D eigenvalue weighted by molar-refractivity contribution is -0.139. The van der Waals surface area contributed by atoms with Gasteiger partial charge in [0.1, 0.15) is 5.76 Å². The predicted octanol–water partition coefficient (Wildman–Crippen LogP) is 3.35. The van der Waals surface area contributed by atoms with Gasteiger partial charge in [0.15, 0.2) is 5.76 Å². The first kappa shape index (κ1) is 17.5. The van der Waals surface area contributed by atoms with Gasteiger partial charge in [0, 0.05) is 18.8 Å². The predicted molar refractivity (Wildman–Crippen MR) is 91.7 cm³/mol. The number of halogens is 1. The van der Waals surface area contributed by atoms with Crippen LogP contribution in [0.4, 0.5) is 0 Å². The zero-order valence-corrected chi connectivity index (χ0v) is 14.2. The minimum Gasteiger partial charge on any atom is -0.481 e. The Morgan fingerprint density at radius 3 is 2.56 bits per heavy atom. The molecule has 3 rings (SSSR count). The van der Waals surface area contributed by atoms with Crippen LogP contribution in [0.5, 0.6) is 0 Å². The van der Waals surface area contributed by atoms with Gasteiger partial charge < -0.3 is 19.6 Å². The van der Waals surface area contributed by atoms with Gasteiger partial charge in [-0.2, -0.15) is 0 Å². The highest BCUT2D eigenvalue weighted by molar-refractivity contribution is 6.33. The lowest BCUT2D eigenvalue weighted by Crippen LogP contribution is -2.53. The van der Waals surface area contributed by atoms with E-state index in [1.807, 2.05) is 12.1 Å². The Kier molecular flexibility index (Phi) is 5.11. The van der Waals surface area contributed by atoms with Gasteiger partial charge in [-0.05, 0) is 37.1 Å². The second-order valence-electron chi connectivity index (χ2n) is 6.06. The molecule has 1 fully saturated rings. The Balaban J connectivity index is 1.79. The number of carboxylic acid groups (broad SMARTS) is 1. The first-order chi connectivity index (χ1) is 12.0. The van der Waals surface area contributed by atoms with E-state index in [-0.39, 0.29) is 12.2 Å². The van der Waals surface area contributed by atoms with E-state index in [0.29, 0.717) is 42.4 Å². The van der Waals surface area contributed by atoms with Gasteiger partial charge in [-0.15, -0.1) is 0 Å². The van der Waals surface area contributed by atoms with Crippen molar-refractivity contribution < 1.29 is 23.8 Å². The largest absolute Gasteiger partial charge is 0.481 e. The van der Waals surface area contributed by atoms with Gasteiger partial charge in [0.2, 0.25) is 0 Å². The molecule has 7 heteroatoms. The summed E-state index contributed by atoms with van der Waals surface area (Å²) in [7, 11) is 0. The van der Waals surface area contributed by atoms with Gasteiger partial charge in [-0.3, -0.25) is 9.59 Å². The number of carbonyl (C=O) groups is 2. The van der Waals surface area contributed by atoms with Crippen molar-refractivity contribution in [3.63, 3.8) is 0 Å². The molecule has 0 bridgehead atoms. The average Bonchev–Trinajstić information content (AvgIpc) is 3.05. The fourth-order valence-electron chi connectivity index (χ4n) is 2.97. The second kappa shape index (κ2) is 7.29. The molecule has 0 unspecified atom stereocenters. The summed E-state index contributed by atoms with van der Waals surface area (Å²) in [6.07, 6.45) is 0.742. The molecule has 1 amide bonds. The lowest BCUT2D eigenvalue weighted by Gasteiger charge is -2.36. The van der Waals surface area contributed by atoms with Crippen molar-refractivity contribution >= 4 is 23.5 Å². The number of ether oxygens (including phenoxy) is 1. The fourth-order valence-corrected chi connectivity index (χ4v) is 3.19. The Bertz CT molecular complexity index is 779. The van der Waals surface area contributed by atoms with Crippen LogP contribution in [-0.4, -0.2) is 35.7 Å². The van der Waals surface area contributed by atoms with Crippen molar-refractivity contribution in [2.45, 2.75) is 24.8 Å². The number of carboxylic acids is 1. The van der Waals surface area contributed by atoms with Crippen molar-refractivity contribution in [3.8, 4) is 11.3 Å². The van der Waals surface area contributed by atoms with Crippen LogP contribution < -0.4 is 5.32 Å². The van der Waals surface area contributed by atoms with Gasteiger partial charge >= 0.3 is 5.97 Å². The van der Waals surface area contributed by atoms with Crippen LogP contribution in [0, 0.1) is 0 Å². The third-order valence-electron chi connectivity index (χ3n) is 4.29. The second-order valence-corrected chi connectivity index (χ2v) is 6.47. The molecule has 1 aromatic heterocycles. The van der Waals surface area contributed by atoms with Gasteiger partial charge in [-0.25, -0.2) is 0 Å². The van der Waals surface area contributed by atoms with Gasteiger partial charge in [0.25, 0.3) is 5.91 Å². The minimum atomic E-state index is -0.960. The summed E-state index contributed by atoms with van der Waals surface area (Å²) in [4.78, 5) is 23.7. The summed E-state index contributed by atoms with van der Waals surface area (Å²) in [6, 6.07) is 10.4. The highest BCUT2D eigenvalue weighted by Crippen LogP contribution is 2.30. The number of hydrogen-bond acceptors (Lipinski definition) is 4. The average molecular weight is 364 g/mol. The monoisotopic (exact) mass is 363 g/mol. The highest BCUT2D eigenvalue weighted by Gasteiger charge is 2.37. The first-order valence-electron chi connectivity index (χ1n) is 7.96. The SMILES string of the molecule is O=C(O)CC1(NC(=O)c2ccc(-c3ccccc3Cl)o2)CCOCC1. The summed E-state index contributed by atoms with van der Waals surface area (Å²) in [5, 5.41) is 12.5. The molecule has 0 spiro atoms. The molecule has 25 heavy (non-hydrogen) atoms. The fraction of sp³-hybridized carbons (Fsp3) is 0.333. The molecule has 2 aromatic rings. The normalized spacial score (nSPS) is 16.4. The van der Waals surface area contributed by atoms with E-state index >= 15 is 0 Å². The molecule has 1 aliphatic heterocycles. The Morgan fingerprint density at radius 1 is 1.16 bits per heavy atom. The molecule has 132 valence electrons. The van der Waals surface area contributed by atoms with E-state index in [9.17, 15) is 9.59 Å².